The Morgan fingerprint density at radius 3 is 2.73 bits per heavy atom. The minimum atomic E-state index is -4.40. The van der Waals surface area contributed by atoms with Crippen LogP contribution in [0, 0.1) is 0 Å². The summed E-state index contributed by atoms with van der Waals surface area (Å²) in [5.41, 5.74) is 1.39. The van der Waals surface area contributed by atoms with Gasteiger partial charge in [-0.15, -0.1) is 10.2 Å². The Bertz CT molecular complexity index is 1380. The molecule has 1 saturated heterocycles. The number of fused-ring (bicyclic) bond motifs is 1. The maximum Gasteiger partial charge on any atom is 0.243 e. The Kier molecular flexibility index (Phi) is 5.40. The van der Waals surface area contributed by atoms with Gasteiger partial charge < -0.3 is 14.8 Å². The number of aromatic amines is 1. The van der Waals surface area contributed by atoms with Crippen molar-refractivity contribution in [1.29, 1.82) is 0 Å². The molecule has 2 aliphatic rings. The first-order valence-corrected chi connectivity index (χ1v) is 13.2. The van der Waals surface area contributed by atoms with Crippen LogP contribution in [-0.2, 0) is 33.1 Å². The Labute approximate surface area is 189 Å². The summed E-state index contributed by atoms with van der Waals surface area (Å²) in [7, 11) is -8.74. The standard InChI is InChI=1S/C17H22N10O4S2/c18-32(28,29)14-2-1-13(26-5-6-27-10-20-8-12(27)9-26)15(17-21-24-25-22-17)16(14)33(30,31)23-11-3-4-19-7-11/h1-2,8,10-11,19,23H,3-7,9H2,(H2,18,28,29)(H,21,22,24,25). The number of tetrazole rings is 1. The second-order valence-corrected chi connectivity index (χ2v) is 11.1. The van der Waals surface area contributed by atoms with Gasteiger partial charge in [-0.1, -0.05) is 0 Å². The molecule has 0 radical (unpaired) electrons. The number of anilines is 1. The molecule has 16 heteroatoms. The lowest BCUT2D eigenvalue weighted by Crippen LogP contribution is -2.38. The smallest absolute Gasteiger partial charge is 0.243 e. The number of hydrogen-bond donors (Lipinski definition) is 4. The maximum atomic E-state index is 13.6. The third kappa shape index (κ3) is 4.10. The summed E-state index contributed by atoms with van der Waals surface area (Å²) in [4.78, 5) is 5.05. The topological polar surface area (TPSA) is 194 Å². The molecule has 0 spiro atoms. The van der Waals surface area contributed by atoms with Crippen molar-refractivity contribution in [3.63, 3.8) is 0 Å². The first-order valence-electron chi connectivity index (χ1n) is 10.1. The number of rotatable bonds is 6. The van der Waals surface area contributed by atoms with E-state index in [1.54, 1.807) is 12.5 Å². The van der Waals surface area contributed by atoms with Crippen LogP contribution in [0.1, 0.15) is 12.1 Å². The van der Waals surface area contributed by atoms with Gasteiger partial charge in [0, 0.05) is 37.6 Å². The third-order valence-corrected chi connectivity index (χ3v) is 8.42. The Balaban J connectivity index is 1.72. The van der Waals surface area contributed by atoms with Gasteiger partial charge in [-0.25, -0.2) is 31.7 Å². The van der Waals surface area contributed by atoms with Gasteiger partial charge in [-0.3, -0.25) is 0 Å². The van der Waals surface area contributed by atoms with E-state index in [-0.39, 0.29) is 11.4 Å². The van der Waals surface area contributed by atoms with Crippen LogP contribution >= 0.6 is 0 Å². The van der Waals surface area contributed by atoms with Crippen molar-refractivity contribution < 1.29 is 16.8 Å². The van der Waals surface area contributed by atoms with Crippen LogP contribution < -0.4 is 20.1 Å². The van der Waals surface area contributed by atoms with Crippen LogP contribution in [0.5, 0.6) is 0 Å². The monoisotopic (exact) mass is 494 g/mol. The SMILES string of the molecule is NS(=O)(=O)c1ccc(N2CCn3cncc3C2)c(-c2nn[nH]n2)c1S(=O)(=O)NC1CCNC1. The number of primary sulfonamides is 1. The van der Waals surface area contributed by atoms with Crippen molar-refractivity contribution in [2.75, 3.05) is 24.5 Å². The van der Waals surface area contributed by atoms with E-state index in [9.17, 15) is 16.8 Å². The van der Waals surface area contributed by atoms with Crippen LogP contribution in [0.3, 0.4) is 0 Å². The Hall–Kier alpha value is -2.92. The molecule has 33 heavy (non-hydrogen) atoms. The molecule has 1 unspecified atom stereocenters. The van der Waals surface area contributed by atoms with Crippen molar-refractivity contribution in [2.24, 2.45) is 5.14 Å². The number of hydrogen-bond acceptors (Lipinski definition) is 10. The highest BCUT2D eigenvalue weighted by Gasteiger charge is 2.35. The fraction of sp³-hybridized carbons (Fsp3) is 0.412. The van der Waals surface area contributed by atoms with E-state index in [4.69, 9.17) is 5.14 Å². The zero-order valence-corrected chi connectivity index (χ0v) is 19.0. The summed E-state index contributed by atoms with van der Waals surface area (Å²) in [6.45, 7) is 2.65. The highest BCUT2D eigenvalue weighted by atomic mass is 32.2. The van der Waals surface area contributed by atoms with Gasteiger partial charge in [0.25, 0.3) is 0 Å². The number of nitrogens with two attached hydrogens (primary N) is 1. The average Bonchev–Trinajstić information content (AvgIpc) is 3.53. The fourth-order valence-corrected chi connectivity index (χ4v) is 7.07. The molecule has 0 saturated carbocycles. The number of benzene rings is 1. The zero-order valence-electron chi connectivity index (χ0n) is 17.3. The lowest BCUT2D eigenvalue weighted by Gasteiger charge is -2.32. The molecule has 2 aliphatic heterocycles. The first kappa shape index (κ1) is 21.9. The number of sulfonamides is 2. The summed E-state index contributed by atoms with van der Waals surface area (Å²) < 4.78 is 56.7. The van der Waals surface area contributed by atoms with E-state index in [2.05, 4.69) is 35.6 Å². The van der Waals surface area contributed by atoms with Crippen LogP contribution in [-0.4, -0.2) is 72.7 Å². The normalized spacial score (nSPS) is 19.1. The van der Waals surface area contributed by atoms with Crippen LogP contribution in [0.25, 0.3) is 11.4 Å². The van der Waals surface area contributed by atoms with E-state index in [1.165, 1.54) is 12.1 Å². The molecule has 3 aromatic rings. The van der Waals surface area contributed by atoms with Gasteiger partial charge in [0.1, 0.15) is 9.79 Å². The summed E-state index contributed by atoms with van der Waals surface area (Å²) in [6.07, 6.45) is 4.02. The molecule has 14 nitrogen and oxygen atoms in total. The van der Waals surface area contributed by atoms with E-state index < -0.39 is 35.9 Å². The second-order valence-electron chi connectivity index (χ2n) is 7.88. The van der Waals surface area contributed by atoms with Gasteiger partial charge in [-0.05, 0) is 30.3 Å². The minimum absolute atomic E-state index is 0.0155. The molecule has 0 amide bonds. The third-order valence-electron chi connectivity index (χ3n) is 5.73. The Morgan fingerprint density at radius 1 is 1.18 bits per heavy atom. The van der Waals surface area contributed by atoms with Crippen LogP contribution in [0.15, 0.2) is 34.4 Å². The average molecular weight is 495 g/mol. The Morgan fingerprint density at radius 2 is 2.03 bits per heavy atom. The summed E-state index contributed by atoms with van der Waals surface area (Å²) in [6, 6.07) is 2.34. The maximum absolute atomic E-state index is 13.6. The highest BCUT2D eigenvalue weighted by molar-refractivity contribution is 7.92. The number of nitrogens with one attached hydrogen (secondary N) is 3. The van der Waals surface area contributed by atoms with Gasteiger partial charge in [0.05, 0.1) is 24.1 Å². The lowest BCUT2D eigenvalue weighted by molar-refractivity contribution is 0.554. The van der Waals surface area contributed by atoms with E-state index >= 15 is 0 Å². The van der Waals surface area contributed by atoms with Crippen molar-refractivity contribution >= 4 is 25.7 Å². The van der Waals surface area contributed by atoms with E-state index in [0.29, 0.717) is 44.8 Å². The molecule has 1 aromatic carbocycles. The van der Waals surface area contributed by atoms with Crippen molar-refractivity contribution in [1.82, 2.24) is 40.2 Å². The van der Waals surface area contributed by atoms with Crippen LogP contribution in [0.2, 0.25) is 0 Å². The predicted octanol–water partition coefficient (Wildman–Crippen LogP) is -1.63. The van der Waals surface area contributed by atoms with Crippen molar-refractivity contribution in [3.8, 4) is 11.4 Å². The van der Waals surface area contributed by atoms with E-state index in [0.717, 1.165) is 5.69 Å². The molecule has 0 aliphatic carbocycles. The van der Waals surface area contributed by atoms with Crippen LogP contribution in [0.4, 0.5) is 5.69 Å². The van der Waals surface area contributed by atoms with Gasteiger partial charge >= 0.3 is 0 Å². The number of H-pyrrole nitrogens is 1. The molecule has 5 N–H and O–H groups in total. The quantitative estimate of drug-likeness (QED) is 0.309. The predicted molar refractivity (Wildman–Crippen MR) is 116 cm³/mol. The largest absolute Gasteiger partial charge is 0.363 e. The molecule has 1 fully saturated rings. The highest BCUT2D eigenvalue weighted by Crippen LogP contribution is 2.39. The molecule has 2 aromatic heterocycles. The summed E-state index contributed by atoms with van der Waals surface area (Å²) in [5, 5.41) is 22.3. The molecule has 4 heterocycles. The number of nitrogens with zero attached hydrogens (tertiary/aromatic N) is 6. The lowest BCUT2D eigenvalue weighted by atomic mass is 10.1. The summed E-state index contributed by atoms with van der Waals surface area (Å²) in [5.74, 6) is -0.0560. The fourth-order valence-electron chi connectivity index (χ4n) is 4.21. The molecule has 176 valence electrons. The first-order chi connectivity index (χ1) is 15.7. The molecule has 1 atom stereocenters. The molecule has 5 rings (SSSR count). The summed E-state index contributed by atoms with van der Waals surface area (Å²) >= 11 is 0. The van der Waals surface area contributed by atoms with Crippen molar-refractivity contribution in [2.45, 2.75) is 35.3 Å². The van der Waals surface area contributed by atoms with E-state index in [1.807, 2.05) is 9.47 Å². The zero-order chi connectivity index (χ0) is 23.2. The molecular weight excluding hydrogens is 472 g/mol. The second kappa shape index (κ2) is 8.14. The number of aromatic nitrogens is 6. The molecular formula is C17H22N10O4S2. The van der Waals surface area contributed by atoms with Gasteiger partial charge in [-0.2, -0.15) is 5.21 Å². The minimum Gasteiger partial charge on any atom is -0.363 e. The van der Waals surface area contributed by atoms with Gasteiger partial charge in [0.15, 0.2) is 0 Å². The molecule has 0 bridgehead atoms. The number of imidazole rings is 1. The van der Waals surface area contributed by atoms with Crippen molar-refractivity contribution in [3.05, 3.63) is 30.4 Å². The van der Waals surface area contributed by atoms with Gasteiger partial charge in [0.2, 0.25) is 25.9 Å².